The Labute approximate surface area is 75.1 Å². The maximum atomic E-state index is 11.4. The van der Waals surface area contributed by atoms with Crippen LogP contribution >= 0.6 is 0 Å². The first kappa shape index (κ1) is 7.90. The summed E-state index contributed by atoms with van der Waals surface area (Å²) >= 11 is 0. The molecule has 0 saturated carbocycles. The molecule has 13 heavy (non-hydrogen) atoms. The third kappa shape index (κ3) is 1.02. The summed E-state index contributed by atoms with van der Waals surface area (Å²) in [5, 5.41) is 18.6. The fraction of sp³-hybridized carbons (Fsp3) is 0.429. The highest BCUT2D eigenvalue weighted by Gasteiger charge is 2.37. The van der Waals surface area contributed by atoms with Crippen molar-refractivity contribution in [2.75, 3.05) is 14.1 Å². The number of aliphatic imine (C=N–C) groups is 2. The maximum Gasteiger partial charge on any atom is 0.249 e. The molecule has 0 aliphatic carbocycles. The van der Waals surface area contributed by atoms with Crippen LogP contribution in [-0.4, -0.2) is 53.6 Å². The first-order chi connectivity index (χ1) is 6.09. The number of nitrogens with zero attached hydrogens (tertiary/aromatic N) is 4. The minimum absolute atomic E-state index is 0.216. The van der Waals surface area contributed by atoms with Crippen molar-refractivity contribution in [2.45, 2.75) is 6.04 Å². The molecule has 2 aliphatic heterocycles. The first-order valence-corrected chi connectivity index (χ1v) is 3.82. The number of guanidine groups is 1. The molecule has 6 nitrogen and oxygen atoms in total. The van der Waals surface area contributed by atoms with E-state index in [1.165, 1.54) is 0 Å². The zero-order valence-electron chi connectivity index (χ0n) is 7.35. The van der Waals surface area contributed by atoms with Gasteiger partial charge in [-0.1, -0.05) is 0 Å². The summed E-state index contributed by atoms with van der Waals surface area (Å²) < 4.78 is 1.73. The second-order valence-electron chi connectivity index (χ2n) is 3.04. The largest absolute Gasteiger partial charge is 0.858 e. The zero-order valence-corrected chi connectivity index (χ0v) is 7.35. The summed E-state index contributed by atoms with van der Waals surface area (Å²) in [5.41, 5.74) is 0. The molecule has 0 aromatic heterocycles. The van der Waals surface area contributed by atoms with E-state index in [-0.39, 0.29) is 11.9 Å². The SMILES string of the molecule is CN1C=[N+](C)C2C([O-])=NC(=N)N=C21. The van der Waals surface area contributed by atoms with Crippen molar-refractivity contribution >= 4 is 24.0 Å². The van der Waals surface area contributed by atoms with E-state index in [2.05, 4.69) is 9.98 Å². The van der Waals surface area contributed by atoms with Gasteiger partial charge in [-0.25, -0.2) is 9.89 Å². The Hall–Kier alpha value is -1.72. The van der Waals surface area contributed by atoms with Gasteiger partial charge in [-0.2, -0.15) is 4.99 Å². The van der Waals surface area contributed by atoms with Crippen LogP contribution in [0, 0.1) is 5.41 Å². The van der Waals surface area contributed by atoms with Crippen molar-refractivity contribution in [3.05, 3.63) is 0 Å². The van der Waals surface area contributed by atoms with Gasteiger partial charge in [0, 0.05) is 5.90 Å². The molecule has 0 amide bonds. The van der Waals surface area contributed by atoms with Gasteiger partial charge in [-0.3, -0.25) is 9.98 Å². The molecule has 2 rings (SSSR count). The summed E-state index contributed by atoms with van der Waals surface area (Å²) in [6.45, 7) is 0. The number of hydrogen-bond acceptors (Lipinski definition) is 3. The molecular weight excluding hydrogens is 170 g/mol. The number of fused-ring (bicyclic) bond motifs is 1. The quantitative estimate of drug-likeness (QED) is 0.440. The fourth-order valence-corrected chi connectivity index (χ4v) is 1.50. The summed E-state index contributed by atoms with van der Waals surface area (Å²) in [6, 6.07) is -0.431. The lowest BCUT2D eigenvalue weighted by Crippen LogP contribution is -2.47. The van der Waals surface area contributed by atoms with Crippen LogP contribution < -0.4 is 5.11 Å². The number of nitrogens with one attached hydrogen (secondary N) is 1. The van der Waals surface area contributed by atoms with Crippen LogP contribution in [0.25, 0.3) is 0 Å². The fourth-order valence-electron chi connectivity index (χ4n) is 1.50. The molecule has 68 valence electrons. The van der Waals surface area contributed by atoms with Crippen LogP contribution in [0.5, 0.6) is 0 Å². The summed E-state index contributed by atoms with van der Waals surface area (Å²) in [6.07, 6.45) is 1.76. The number of rotatable bonds is 0. The number of hydrogen-bond donors (Lipinski definition) is 1. The molecule has 0 fully saturated rings. The predicted molar refractivity (Wildman–Crippen MR) is 46.4 cm³/mol. The lowest BCUT2D eigenvalue weighted by Gasteiger charge is -2.20. The second-order valence-corrected chi connectivity index (χ2v) is 3.04. The van der Waals surface area contributed by atoms with Gasteiger partial charge in [0.15, 0.2) is 0 Å². The van der Waals surface area contributed by atoms with Gasteiger partial charge < -0.3 is 5.11 Å². The first-order valence-electron chi connectivity index (χ1n) is 3.82. The van der Waals surface area contributed by atoms with E-state index in [1.807, 2.05) is 0 Å². The van der Waals surface area contributed by atoms with Gasteiger partial charge in [-0.05, 0) is 0 Å². The van der Waals surface area contributed by atoms with Crippen molar-refractivity contribution in [1.29, 1.82) is 5.41 Å². The molecule has 0 spiro atoms. The van der Waals surface area contributed by atoms with E-state index in [9.17, 15) is 5.11 Å². The number of amidine groups is 1. The van der Waals surface area contributed by atoms with Gasteiger partial charge in [0.05, 0.1) is 14.1 Å². The van der Waals surface area contributed by atoms with Crippen molar-refractivity contribution in [2.24, 2.45) is 9.98 Å². The van der Waals surface area contributed by atoms with Gasteiger partial charge in [0.2, 0.25) is 24.2 Å². The summed E-state index contributed by atoms with van der Waals surface area (Å²) in [4.78, 5) is 9.10. The minimum atomic E-state index is -0.431. The van der Waals surface area contributed by atoms with Crippen molar-refractivity contribution < 1.29 is 9.68 Å². The van der Waals surface area contributed by atoms with Crippen LogP contribution in [0.15, 0.2) is 9.98 Å². The van der Waals surface area contributed by atoms with Gasteiger partial charge in [-0.15, -0.1) is 0 Å². The molecule has 0 aromatic rings. The van der Waals surface area contributed by atoms with E-state index in [0.29, 0.717) is 5.84 Å². The average Bonchev–Trinajstić information content (AvgIpc) is 2.27. The topological polar surface area (TPSA) is 77.9 Å². The molecule has 0 saturated heterocycles. The van der Waals surface area contributed by atoms with E-state index in [0.717, 1.165) is 0 Å². The third-order valence-electron chi connectivity index (χ3n) is 2.04. The molecule has 0 bridgehead atoms. The molecule has 0 aromatic carbocycles. The lowest BCUT2D eigenvalue weighted by atomic mass is 10.2. The van der Waals surface area contributed by atoms with Gasteiger partial charge >= 0.3 is 0 Å². The summed E-state index contributed by atoms with van der Waals surface area (Å²) in [5.74, 6) is 0.0393. The predicted octanol–water partition coefficient (Wildman–Crippen LogP) is -1.92. The maximum absolute atomic E-state index is 11.4. The third-order valence-corrected chi connectivity index (χ3v) is 2.04. The molecule has 6 heteroatoms. The monoisotopic (exact) mass is 179 g/mol. The van der Waals surface area contributed by atoms with E-state index in [4.69, 9.17) is 5.41 Å². The van der Waals surface area contributed by atoms with Crippen molar-refractivity contribution in [3.63, 3.8) is 0 Å². The van der Waals surface area contributed by atoms with Crippen LogP contribution in [-0.2, 0) is 0 Å². The molecular formula is C7H9N5O. The Morgan fingerprint density at radius 3 is 3.00 bits per heavy atom. The van der Waals surface area contributed by atoms with Crippen LogP contribution in [0.4, 0.5) is 0 Å². The highest BCUT2D eigenvalue weighted by Crippen LogP contribution is 2.09. The van der Waals surface area contributed by atoms with E-state index < -0.39 is 6.04 Å². The van der Waals surface area contributed by atoms with Crippen molar-refractivity contribution in [3.8, 4) is 0 Å². The molecule has 1 unspecified atom stereocenters. The van der Waals surface area contributed by atoms with Gasteiger partial charge in [0.25, 0.3) is 0 Å². The second kappa shape index (κ2) is 2.38. The standard InChI is InChI=1S/C7H9N5O/c1-11-3-12(2)5-4(11)6(13)10-7(8)9-5/h3-4H,1-2H3,(H-,8,10,13). The highest BCUT2D eigenvalue weighted by atomic mass is 16.3. The average molecular weight is 179 g/mol. The minimum Gasteiger partial charge on any atom is -0.858 e. The Kier molecular flexibility index (Phi) is 1.45. The smallest absolute Gasteiger partial charge is 0.249 e. The Bertz CT molecular complexity index is 367. The molecule has 2 heterocycles. The number of likely N-dealkylation sites (N-methyl/N-ethyl adjacent to an activating group) is 2. The normalized spacial score (nSPS) is 26.6. The molecule has 2 aliphatic rings. The van der Waals surface area contributed by atoms with Crippen LogP contribution in [0.3, 0.4) is 0 Å². The summed E-state index contributed by atoms with van der Waals surface area (Å²) in [7, 11) is 3.58. The lowest BCUT2D eigenvalue weighted by molar-refractivity contribution is -0.503. The molecule has 0 radical (unpaired) electrons. The Balaban J connectivity index is 2.47. The van der Waals surface area contributed by atoms with E-state index in [1.54, 1.807) is 29.9 Å². The molecule has 1 N–H and O–H groups in total. The highest BCUT2D eigenvalue weighted by molar-refractivity contribution is 6.18. The van der Waals surface area contributed by atoms with Crippen LogP contribution in [0.2, 0.25) is 0 Å². The van der Waals surface area contributed by atoms with Crippen LogP contribution in [0.1, 0.15) is 0 Å². The molecule has 1 atom stereocenters. The van der Waals surface area contributed by atoms with Crippen molar-refractivity contribution in [1.82, 2.24) is 4.90 Å². The zero-order chi connectivity index (χ0) is 9.59. The Morgan fingerprint density at radius 1 is 1.62 bits per heavy atom. The van der Waals surface area contributed by atoms with Gasteiger partial charge in [0.1, 0.15) is 0 Å². The van der Waals surface area contributed by atoms with E-state index >= 15 is 0 Å². The Morgan fingerprint density at radius 2 is 2.31 bits per heavy atom.